The van der Waals surface area contributed by atoms with E-state index in [1.165, 1.54) is 10.8 Å². The smallest absolute Gasteiger partial charge is 0.0972 e. The van der Waals surface area contributed by atoms with Gasteiger partial charge in [-0.3, -0.25) is 9.97 Å². The summed E-state index contributed by atoms with van der Waals surface area (Å²) in [7, 11) is 0. The van der Waals surface area contributed by atoms with Gasteiger partial charge in [-0.15, -0.1) is 0 Å². The lowest BCUT2D eigenvalue weighted by atomic mass is 10.0. The number of benzene rings is 6. The van der Waals surface area contributed by atoms with Crippen LogP contribution in [-0.2, 0) is 0 Å². The maximum atomic E-state index is 5.19. The van der Waals surface area contributed by atoms with Crippen molar-refractivity contribution in [2.45, 2.75) is 9.79 Å². The summed E-state index contributed by atoms with van der Waals surface area (Å²) >= 11 is 1.79. The summed E-state index contributed by atoms with van der Waals surface area (Å²) in [4.78, 5) is 24.5. The molecule has 242 valence electrons. The fraction of sp³-hybridized carbons (Fsp3) is 0. The Bertz CT molecular complexity index is 2910. The third-order valence-electron chi connectivity index (χ3n) is 10.1. The molecule has 0 atom stereocenters. The molecule has 5 nitrogen and oxygen atoms in total. The van der Waals surface area contributed by atoms with Gasteiger partial charge in [0.25, 0.3) is 0 Å². The van der Waals surface area contributed by atoms with Crippen molar-refractivity contribution in [3.63, 3.8) is 0 Å². The van der Waals surface area contributed by atoms with E-state index in [1.807, 2.05) is 24.5 Å². The average Bonchev–Trinajstić information content (AvgIpc) is 3.21. The van der Waals surface area contributed by atoms with Gasteiger partial charge in [-0.05, 0) is 60.0 Å². The van der Waals surface area contributed by atoms with Crippen LogP contribution >= 0.6 is 11.8 Å². The molecule has 52 heavy (non-hydrogen) atoms. The van der Waals surface area contributed by atoms with E-state index < -0.39 is 0 Å². The molecule has 6 aromatic carbocycles. The fourth-order valence-electron chi connectivity index (χ4n) is 7.56. The van der Waals surface area contributed by atoms with Crippen LogP contribution in [-0.4, -0.2) is 19.9 Å². The van der Waals surface area contributed by atoms with E-state index in [0.717, 1.165) is 93.0 Å². The van der Waals surface area contributed by atoms with Crippen molar-refractivity contribution in [1.82, 2.24) is 19.9 Å². The molecule has 0 N–H and O–H groups in total. The van der Waals surface area contributed by atoms with E-state index in [2.05, 4.69) is 144 Å². The molecule has 0 aliphatic carbocycles. The Morgan fingerprint density at radius 1 is 0.385 bits per heavy atom. The summed E-state index contributed by atoms with van der Waals surface area (Å²) < 4.78 is 0. The Hall–Kier alpha value is -6.63. The van der Waals surface area contributed by atoms with Crippen molar-refractivity contribution in [2.75, 3.05) is 4.90 Å². The first kappa shape index (κ1) is 29.1. The van der Waals surface area contributed by atoms with Crippen LogP contribution in [0.3, 0.4) is 0 Å². The Labute approximate surface area is 303 Å². The Kier molecular flexibility index (Phi) is 6.42. The van der Waals surface area contributed by atoms with E-state index in [4.69, 9.17) is 19.9 Å². The first-order valence-corrected chi connectivity index (χ1v) is 18.1. The SMILES string of the molecule is c1ccc2c(N3c4ccc(-c5ccc6ccc7cccnc7c6n5)cc4Sc4cc(-c5ccc6ccc7cccnc7c6n5)ccc43)cccc2c1. The molecule has 0 radical (unpaired) electrons. The van der Waals surface area contributed by atoms with Crippen LogP contribution in [0, 0.1) is 0 Å². The highest BCUT2D eigenvalue weighted by Gasteiger charge is 2.27. The molecule has 4 aromatic heterocycles. The van der Waals surface area contributed by atoms with Crippen LogP contribution in [0.5, 0.6) is 0 Å². The molecule has 0 saturated heterocycles. The normalized spacial score (nSPS) is 12.5. The van der Waals surface area contributed by atoms with Gasteiger partial charge in [0.2, 0.25) is 0 Å². The summed E-state index contributed by atoms with van der Waals surface area (Å²) in [6.07, 6.45) is 3.68. The lowest BCUT2D eigenvalue weighted by Crippen LogP contribution is -2.15. The molecule has 5 heterocycles. The van der Waals surface area contributed by atoms with Gasteiger partial charge in [-0.25, -0.2) is 9.97 Å². The molecule has 0 amide bonds. The van der Waals surface area contributed by atoms with Gasteiger partial charge in [0.15, 0.2) is 0 Å². The van der Waals surface area contributed by atoms with E-state index in [0.29, 0.717) is 0 Å². The summed E-state index contributed by atoms with van der Waals surface area (Å²) in [5, 5.41) is 6.74. The maximum Gasteiger partial charge on any atom is 0.0972 e. The lowest BCUT2D eigenvalue weighted by molar-refractivity contribution is 1.17. The number of pyridine rings is 4. The summed E-state index contributed by atoms with van der Waals surface area (Å²) in [5.74, 6) is 0. The van der Waals surface area contributed by atoms with Crippen molar-refractivity contribution in [1.29, 1.82) is 0 Å². The zero-order chi connectivity index (χ0) is 34.2. The van der Waals surface area contributed by atoms with Crippen LogP contribution in [0.2, 0.25) is 0 Å². The molecule has 0 unspecified atom stereocenters. The Morgan fingerprint density at radius 2 is 0.885 bits per heavy atom. The summed E-state index contributed by atoms with van der Waals surface area (Å²) in [6.45, 7) is 0. The van der Waals surface area contributed by atoms with Gasteiger partial charge in [-0.2, -0.15) is 0 Å². The van der Waals surface area contributed by atoms with E-state index in [9.17, 15) is 0 Å². The van der Waals surface area contributed by atoms with Gasteiger partial charge >= 0.3 is 0 Å². The second kappa shape index (κ2) is 11.5. The monoisotopic (exact) mass is 681 g/mol. The molecule has 11 rings (SSSR count). The predicted octanol–water partition coefficient (Wildman–Crippen LogP) is 12.3. The number of nitrogens with zero attached hydrogens (tertiary/aromatic N) is 5. The van der Waals surface area contributed by atoms with Gasteiger partial charge < -0.3 is 4.90 Å². The standard InChI is InChI=1S/C46H27N5S/c1-2-10-35-28(6-1)7-3-11-38(35)51-39-22-18-33(36-20-16-31-14-12-29-8-4-24-47-43(29)45(31)49-36)26-41(39)52-42-27-34(19-23-40(42)51)37-21-17-32-15-13-30-9-5-25-48-44(30)46(32)50-37/h1-27H. The minimum Gasteiger partial charge on any atom is -0.308 e. The molecule has 10 aromatic rings. The second-order valence-electron chi connectivity index (χ2n) is 13.1. The van der Waals surface area contributed by atoms with Crippen molar-refractivity contribution < 1.29 is 0 Å². The number of hydrogen-bond donors (Lipinski definition) is 0. The minimum atomic E-state index is 0.916. The highest BCUT2D eigenvalue weighted by Crippen LogP contribution is 2.54. The quantitative estimate of drug-likeness (QED) is 0.173. The molecule has 0 fully saturated rings. The molecule has 0 bridgehead atoms. The van der Waals surface area contributed by atoms with E-state index in [1.54, 1.807) is 11.8 Å². The first-order valence-electron chi connectivity index (χ1n) is 17.3. The van der Waals surface area contributed by atoms with Gasteiger partial charge in [-0.1, -0.05) is 109 Å². The fourth-order valence-corrected chi connectivity index (χ4v) is 8.70. The highest BCUT2D eigenvalue weighted by atomic mass is 32.2. The molecule has 1 aliphatic heterocycles. The minimum absolute atomic E-state index is 0.916. The summed E-state index contributed by atoms with van der Waals surface area (Å²) in [6, 6.07) is 53.7. The van der Waals surface area contributed by atoms with Crippen LogP contribution in [0.25, 0.3) is 76.9 Å². The topological polar surface area (TPSA) is 54.8 Å². The van der Waals surface area contributed by atoms with Gasteiger partial charge in [0.05, 0.1) is 50.5 Å². The second-order valence-corrected chi connectivity index (χ2v) is 14.2. The number of fused-ring (bicyclic) bond motifs is 9. The van der Waals surface area contributed by atoms with Gasteiger partial charge in [0.1, 0.15) is 0 Å². The molecular weight excluding hydrogens is 655 g/mol. The molecule has 0 saturated carbocycles. The predicted molar refractivity (Wildman–Crippen MR) is 215 cm³/mol. The number of aromatic nitrogens is 4. The average molecular weight is 682 g/mol. The van der Waals surface area contributed by atoms with Crippen LogP contribution < -0.4 is 4.90 Å². The van der Waals surface area contributed by atoms with Crippen LogP contribution in [0.4, 0.5) is 17.1 Å². The van der Waals surface area contributed by atoms with Gasteiger partial charge in [0, 0.05) is 60.2 Å². The maximum absolute atomic E-state index is 5.19. The largest absolute Gasteiger partial charge is 0.308 e. The lowest BCUT2D eigenvalue weighted by Gasteiger charge is -2.34. The number of hydrogen-bond acceptors (Lipinski definition) is 6. The molecule has 0 spiro atoms. The summed E-state index contributed by atoms with van der Waals surface area (Å²) in [5.41, 5.74) is 11.1. The van der Waals surface area contributed by atoms with Crippen LogP contribution in [0.15, 0.2) is 174 Å². The van der Waals surface area contributed by atoms with Crippen molar-refractivity contribution >= 4 is 83.2 Å². The third-order valence-corrected chi connectivity index (χ3v) is 11.2. The van der Waals surface area contributed by atoms with Crippen LogP contribution in [0.1, 0.15) is 0 Å². The number of anilines is 3. The zero-order valence-electron chi connectivity index (χ0n) is 27.7. The Balaban J connectivity index is 1.08. The molecule has 6 heteroatoms. The number of rotatable bonds is 3. The third kappa shape index (κ3) is 4.58. The highest BCUT2D eigenvalue weighted by molar-refractivity contribution is 7.99. The first-order chi connectivity index (χ1) is 25.7. The molecular formula is C46H27N5S. The van der Waals surface area contributed by atoms with Crippen molar-refractivity contribution in [3.8, 4) is 22.5 Å². The zero-order valence-corrected chi connectivity index (χ0v) is 28.5. The van der Waals surface area contributed by atoms with E-state index >= 15 is 0 Å². The molecule has 1 aliphatic rings. The van der Waals surface area contributed by atoms with Crippen molar-refractivity contribution in [3.05, 3.63) is 164 Å². The van der Waals surface area contributed by atoms with E-state index in [-0.39, 0.29) is 0 Å². The van der Waals surface area contributed by atoms with Crippen molar-refractivity contribution in [2.24, 2.45) is 0 Å². The Morgan fingerprint density at radius 3 is 1.48 bits per heavy atom.